The quantitative estimate of drug-likeness (QED) is 0.858. The van der Waals surface area contributed by atoms with Crippen LogP contribution in [-0.2, 0) is 5.41 Å². The minimum Gasteiger partial charge on any atom is -0.395 e. The van der Waals surface area contributed by atoms with Crippen molar-refractivity contribution in [2.75, 3.05) is 13.2 Å². The van der Waals surface area contributed by atoms with Gasteiger partial charge in [-0.15, -0.1) is 0 Å². The van der Waals surface area contributed by atoms with E-state index in [1.54, 1.807) is 0 Å². The van der Waals surface area contributed by atoms with Crippen molar-refractivity contribution >= 4 is 0 Å². The van der Waals surface area contributed by atoms with E-state index in [4.69, 9.17) is 0 Å². The number of benzene rings is 1. The Morgan fingerprint density at radius 2 is 1.74 bits per heavy atom. The van der Waals surface area contributed by atoms with Crippen molar-refractivity contribution in [2.24, 2.45) is 0 Å². The first kappa shape index (κ1) is 14.5. The molecule has 0 saturated carbocycles. The zero-order valence-electron chi connectivity index (χ0n) is 12.9. The molecule has 1 aromatic rings. The third-order valence-electron chi connectivity index (χ3n) is 4.50. The number of piperidine rings is 1. The SMILES string of the molecule is Cc1cc(C)c(C2(CO)CCNC(C)(C)C2)c(C)c1. The van der Waals surface area contributed by atoms with Crippen LogP contribution in [0.15, 0.2) is 12.1 Å². The number of aliphatic hydroxyl groups is 1. The lowest BCUT2D eigenvalue weighted by Crippen LogP contribution is -2.54. The third kappa shape index (κ3) is 2.70. The first-order valence-electron chi connectivity index (χ1n) is 7.24. The predicted octanol–water partition coefficient (Wildman–Crippen LogP) is 3.00. The van der Waals surface area contributed by atoms with Gasteiger partial charge in [-0.25, -0.2) is 0 Å². The molecule has 1 heterocycles. The first-order valence-corrected chi connectivity index (χ1v) is 7.24. The van der Waals surface area contributed by atoms with Gasteiger partial charge in [0.1, 0.15) is 0 Å². The van der Waals surface area contributed by atoms with Crippen molar-refractivity contribution in [1.82, 2.24) is 5.32 Å². The lowest BCUT2D eigenvalue weighted by Gasteiger charge is -2.46. The van der Waals surface area contributed by atoms with Crippen LogP contribution in [-0.4, -0.2) is 23.8 Å². The Kier molecular flexibility index (Phi) is 3.76. The molecule has 2 rings (SSSR count). The smallest absolute Gasteiger partial charge is 0.0529 e. The van der Waals surface area contributed by atoms with E-state index in [-0.39, 0.29) is 17.6 Å². The van der Waals surface area contributed by atoms with Crippen molar-refractivity contribution in [3.05, 3.63) is 34.4 Å². The maximum atomic E-state index is 10.1. The third-order valence-corrected chi connectivity index (χ3v) is 4.50. The minimum atomic E-state index is -0.0867. The van der Waals surface area contributed by atoms with Gasteiger partial charge in [-0.3, -0.25) is 0 Å². The van der Waals surface area contributed by atoms with E-state index in [0.29, 0.717) is 0 Å². The van der Waals surface area contributed by atoms with Gasteiger partial charge >= 0.3 is 0 Å². The number of rotatable bonds is 2. The molecule has 0 amide bonds. The van der Waals surface area contributed by atoms with E-state index in [0.717, 1.165) is 19.4 Å². The Labute approximate surface area is 117 Å². The van der Waals surface area contributed by atoms with Crippen LogP contribution in [0.4, 0.5) is 0 Å². The Hall–Kier alpha value is -0.860. The standard InChI is InChI=1S/C17H27NO/c1-12-8-13(2)15(14(3)9-12)17(11-19)6-7-18-16(4,5)10-17/h8-9,18-19H,6-7,10-11H2,1-5H3. The summed E-state index contributed by atoms with van der Waals surface area (Å²) >= 11 is 0. The molecule has 1 aromatic carbocycles. The molecule has 1 unspecified atom stereocenters. The zero-order chi connectivity index (χ0) is 14.3. The van der Waals surface area contributed by atoms with E-state index in [2.05, 4.69) is 52.1 Å². The van der Waals surface area contributed by atoms with Crippen LogP contribution in [0, 0.1) is 20.8 Å². The predicted molar refractivity (Wildman–Crippen MR) is 80.7 cm³/mol. The normalized spacial score (nSPS) is 26.4. The molecule has 1 saturated heterocycles. The fraction of sp³-hybridized carbons (Fsp3) is 0.647. The van der Waals surface area contributed by atoms with Crippen LogP contribution in [0.1, 0.15) is 48.9 Å². The van der Waals surface area contributed by atoms with Crippen molar-refractivity contribution in [3.8, 4) is 0 Å². The molecular formula is C17H27NO. The minimum absolute atomic E-state index is 0.0867. The van der Waals surface area contributed by atoms with Crippen LogP contribution in [0.5, 0.6) is 0 Å². The molecule has 106 valence electrons. The molecule has 2 heteroatoms. The summed E-state index contributed by atoms with van der Waals surface area (Å²) in [4.78, 5) is 0. The molecule has 19 heavy (non-hydrogen) atoms. The summed E-state index contributed by atoms with van der Waals surface area (Å²) in [6.07, 6.45) is 2.00. The van der Waals surface area contributed by atoms with Gasteiger partial charge in [0.15, 0.2) is 0 Å². The fourth-order valence-corrected chi connectivity index (χ4v) is 4.08. The van der Waals surface area contributed by atoms with Crippen LogP contribution >= 0.6 is 0 Å². The topological polar surface area (TPSA) is 32.3 Å². The van der Waals surface area contributed by atoms with Crippen molar-refractivity contribution < 1.29 is 5.11 Å². The second-order valence-corrected chi connectivity index (χ2v) is 6.95. The van der Waals surface area contributed by atoms with Crippen molar-refractivity contribution in [1.29, 1.82) is 0 Å². The Morgan fingerprint density at radius 3 is 2.21 bits per heavy atom. The van der Waals surface area contributed by atoms with Gasteiger partial charge in [0.2, 0.25) is 0 Å². The second-order valence-electron chi connectivity index (χ2n) is 6.95. The zero-order valence-corrected chi connectivity index (χ0v) is 12.9. The summed E-state index contributed by atoms with van der Waals surface area (Å²) in [7, 11) is 0. The highest BCUT2D eigenvalue weighted by Gasteiger charge is 2.42. The summed E-state index contributed by atoms with van der Waals surface area (Å²) in [5.74, 6) is 0. The Morgan fingerprint density at radius 1 is 1.16 bits per heavy atom. The molecule has 0 radical (unpaired) electrons. The summed E-state index contributed by atoms with van der Waals surface area (Å²) in [5.41, 5.74) is 5.32. The molecule has 0 aliphatic carbocycles. The highest BCUT2D eigenvalue weighted by Crippen LogP contribution is 2.41. The molecule has 1 fully saturated rings. The number of hydrogen-bond acceptors (Lipinski definition) is 2. The summed E-state index contributed by atoms with van der Waals surface area (Å²) in [5, 5.41) is 13.7. The van der Waals surface area contributed by atoms with Gasteiger partial charge in [0.25, 0.3) is 0 Å². The molecular weight excluding hydrogens is 234 g/mol. The lowest BCUT2D eigenvalue weighted by molar-refractivity contribution is 0.111. The molecule has 2 nitrogen and oxygen atoms in total. The number of hydrogen-bond donors (Lipinski definition) is 2. The van der Waals surface area contributed by atoms with Crippen LogP contribution in [0.2, 0.25) is 0 Å². The van der Waals surface area contributed by atoms with E-state index < -0.39 is 0 Å². The maximum Gasteiger partial charge on any atom is 0.0529 e. The van der Waals surface area contributed by atoms with Crippen LogP contribution < -0.4 is 5.32 Å². The average Bonchev–Trinajstić information content (AvgIpc) is 2.26. The largest absolute Gasteiger partial charge is 0.395 e. The molecule has 0 aromatic heterocycles. The van der Waals surface area contributed by atoms with Gasteiger partial charge in [-0.1, -0.05) is 17.7 Å². The molecule has 1 aliphatic rings. The van der Waals surface area contributed by atoms with Gasteiger partial charge in [-0.2, -0.15) is 0 Å². The summed E-state index contributed by atoms with van der Waals surface area (Å²) in [6.45, 7) is 12.2. The highest BCUT2D eigenvalue weighted by atomic mass is 16.3. The first-order chi connectivity index (χ1) is 8.80. The lowest BCUT2D eigenvalue weighted by atomic mass is 9.65. The maximum absolute atomic E-state index is 10.1. The summed E-state index contributed by atoms with van der Waals surface area (Å²) < 4.78 is 0. The van der Waals surface area contributed by atoms with E-state index in [9.17, 15) is 5.11 Å². The molecule has 1 aliphatic heterocycles. The van der Waals surface area contributed by atoms with Gasteiger partial charge in [-0.05, 0) is 70.7 Å². The van der Waals surface area contributed by atoms with Crippen molar-refractivity contribution in [2.45, 2.75) is 58.4 Å². The van der Waals surface area contributed by atoms with Crippen LogP contribution in [0.3, 0.4) is 0 Å². The number of aliphatic hydroxyl groups excluding tert-OH is 1. The number of nitrogens with one attached hydrogen (secondary N) is 1. The van der Waals surface area contributed by atoms with Gasteiger partial charge < -0.3 is 10.4 Å². The molecule has 0 spiro atoms. The monoisotopic (exact) mass is 261 g/mol. The second kappa shape index (κ2) is 4.92. The summed E-state index contributed by atoms with van der Waals surface area (Å²) in [6, 6.07) is 4.49. The average molecular weight is 261 g/mol. The Bertz CT molecular complexity index is 455. The highest BCUT2D eigenvalue weighted by molar-refractivity contribution is 5.43. The molecule has 2 N–H and O–H groups in total. The fourth-order valence-electron chi connectivity index (χ4n) is 4.08. The van der Waals surface area contributed by atoms with E-state index in [1.807, 2.05) is 0 Å². The van der Waals surface area contributed by atoms with Crippen molar-refractivity contribution in [3.63, 3.8) is 0 Å². The molecule has 1 atom stereocenters. The van der Waals surface area contributed by atoms with E-state index in [1.165, 1.54) is 22.3 Å². The van der Waals surface area contributed by atoms with Gasteiger partial charge in [0, 0.05) is 11.0 Å². The van der Waals surface area contributed by atoms with Crippen LogP contribution in [0.25, 0.3) is 0 Å². The Balaban J connectivity index is 2.53. The van der Waals surface area contributed by atoms with Gasteiger partial charge in [0.05, 0.1) is 6.61 Å². The molecule has 0 bridgehead atoms. The number of aryl methyl sites for hydroxylation is 3. The van der Waals surface area contributed by atoms with E-state index >= 15 is 0 Å².